The number of hydrogen-bond acceptors (Lipinski definition) is 8. The van der Waals surface area contributed by atoms with Crippen molar-refractivity contribution in [3.63, 3.8) is 0 Å². The summed E-state index contributed by atoms with van der Waals surface area (Å²) in [5.74, 6) is -0.674. The van der Waals surface area contributed by atoms with Crippen molar-refractivity contribution in [3.8, 4) is 22.8 Å². The highest BCUT2D eigenvalue weighted by Crippen LogP contribution is 2.32. The van der Waals surface area contributed by atoms with Gasteiger partial charge in [-0.15, -0.1) is 0 Å². The molecule has 2 fully saturated rings. The molecule has 2 aromatic heterocycles. The Labute approximate surface area is 271 Å². The molecule has 2 aliphatic heterocycles. The predicted molar refractivity (Wildman–Crippen MR) is 172 cm³/mol. The van der Waals surface area contributed by atoms with E-state index >= 15 is 8.78 Å². The van der Waals surface area contributed by atoms with Gasteiger partial charge in [0.15, 0.2) is 0 Å². The van der Waals surface area contributed by atoms with Gasteiger partial charge in [-0.05, 0) is 73.7 Å². The molecule has 2 aliphatic rings. The molecule has 1 amide bonds. The average molecular weight is 645 g/mol. The number of aromatic amines is 1. The monoisotopic (exact) mass is 644 g/mol. The van der Waals surface area contributed by atoms with E-state index in [4.69, 9.17) is 9.47 Å². The number of likely N-dealkylation sites (tertiary alicyclic amines) is 1. The van der Waals surface area contributed by atoms with Crippen molar-refractivity contribution in [1.29, 1.82) is 0 Å². The first-order chi connectivity index (χ1) is 22.7. The van der Waals surface area contributed by atoms with E-state index in [9.17, 15) is 9.59 Å². The Kier molecular flexibility index (Phi) is 9.98. The van der Waals surface area contributed by atoms with E-state index in [1.54, 1.807) is 12.1 Å². The number of ether oxygens (including phenoxy) is 2. The number of halogens is 2. The predicted octanol–water partition coefficient (Wildman–Crippen LogP) is 5.19. The minimum Gasteiger partial charge on any atom is -0.457 e. The molecule has 0 spiro atoms. The molecule has 0 radical (unpaired) electrons. The first-order valence-electron chi connectivity index (χ1n) is 16.0. The van der Waals surface area contributed by atoms with Gasteiger partial charge in [-0.2, -0.15) is 10.2 Å². The van der Waals surface area contributed by atoms with Crippen molar-refractivity contribution in [2.45, 2.75) is 63.7 Å². The van der Waals surface area contributed by atoms with Gasteiger partial charge in [-0.3, -0.25) is 14.5 Å². The van der Waals surface area contributed by atoms with Gasteiger partial charge in [0.1, 0.15) is 23.5 Å². The number of nitrogens with one attached hydrogen (secondary N) is 2. The van der Waals surface area contributed by atoms with Crippen LogP contribution in [0, 0.1) is 5.82 Å². The Bertz CT molecular complexity index is 1740. The lowest BCUT2D eigenvalue weighted by atomic mass is 9.97. The number of carbonyl (C=O) groups is 1. The number of H-pyrrole nitrogens is 1. The maximum Gasteiger partial charge on any atom is 0.254 e. The molecule has 47 heavy (non-hydrogen) atoms. The fourth-order valence-corrected chi connectivity index (χ4v) is 6.05. The maximum absolute atomic E-state index is 15.6. The smallest absolute Gasteiger partial charge is 0.254 e. The van der Waals surface area contributed by atoms with Crippen LogP contribution >= 0.6 is 0 Å². The fourth-order valence-electron chi connectivity index (χ4n) is 6.05. The number of nitrogens with zero attached hydrogens (tertiary/aromatic N) is 4. The molecule has 246 valence electrons. The third-order valence-electron chi connectivity index (χ3n) is 8.82. The lowest BCUT2D eigenvalue weighted by molar-refractivity contribution is 0.00512. The van der Waals surface area contributed by atoms with Crippen LogP contribution in [0.3, 0.4) is 0 Å². The number of carbonyl (C=O) groups excluding carboxylic acids is 1. The molecule has 2 aromatic carbocycles. The van der Waals surface area contributed by atoms with E-state index in [0.29, 0.717) is 48.7 Å². The van der Waals surface area contributed by atoms with Gasteiger partial charge in [0.2, 0.25) is 0 Å². The van der Waals surface area contributed by atoms with Crippen LogP contribution in [0.2, 0.25) is 0 Å². The second-order valence-corrected chi connectivity index (χ2v) is 12.4. The number of amides is 1. The summed E-state index contributed by atoms with van der Waals surface area (Å²) in [5.41, 5.74) is 2.40. The largest absolute Gasteiger partial charge is 0.457 e. The summed E-state index contributed by atoms with van der Waals surface area (Å²) in [6.45, 7) is 6.27. The number of rotatable bonds is 9. The zero-order chi connectivity index (χ0) is 32.9. The number of alkyl halides is 1. The van der Waals surface area contributed by atoms with E-state index in [2.05, 4.69) is 30.4 Å². The summed E-state index contributed by atoms with van der Waals surface area (Å²) in [6, 6.07) is 13.0. The van der Waals surface area contributed by atoms with Gasteiger partial charge < -0.3 is 19.8 Å². The maximum atomic E-state index is 15.6. The molecule has 4 heterocycles. The molecule has 0 unspecified atom stereocenters. The summed E-state index contributed by atoms with van der Waals surface area (Å²) < 4.78 is 42.5. The second-order valence-electron chi connectivity index (χ2n) is 12.4. The van der Waals surface area contributed by atoms with E-state index < -0.39 is 23.9 Å². The third kappa shape index (κ3) is 7.71. The zero-order valence-electron chi connectivity index (χ0n) is 26.4. The van der Waals surface area contributed by atoms with Gasteiger partial charge in [-0.1, -0.05) is 13.8 Å². The molecule has 4 aromatic rings. The summed E-state index contributed by atoms with van der Waals surface area (Å²) in [4.78, 5) is 34.4. The zero-order valence-corrected chi connectivity index (χ0v) is 26.4. The molecule has 0 aliphatic carbocycles. The topological polar surface area (TPSA) is 122 Å². The van der Waals surface area contributed by atoms with Crippen LogP contribution in [-0.2, 0) is 11.2 Å². The summed E-state index contributed by atoms with van der Waals surface area (Å²) in [5, 5.41) is 11.3. The number of hydrogen-bond donors (Lipinski definition) is 2. The Balaban J connectivity index is 1.22. The standard InChI is InChI=1S/C35H38F2N6O4/c1-21(2)30-7-8-31(42-41-30)22-3-5-26(6-4-22)47-33-17-27(28(36)16-23(33)15-24-18-38-20-39-34(24)44)35(45)40-32-9-12-43(19-29(32)37)25-10-13-46-14-11-25/h3-8,16-18,20-21,25,29,32H,9-15,19H2,1-2H3,(H,40,45)(H,38,39,44)/t29-,32+/m0/s1. The first-order valence-corrected chi connectivity index (χ1v) is 16.0. The minimum absolute atomic E-state index is 0.00438. The van der Waals surface area contributed by atoms with Crippen molar-refractivity contribution >= 4 is 5.91 Å². The van der Waals surface area contributed by atoms with Crippen LogP contribution in [0.15, 0.2) is 65.8 Å². The van der Waals surface area contributed by atoms with Gasteiger partial charge in [0.25, 0.3) is 11.5 Å². The van der Waals surface area contributed by atoms with Crippen molar-refractivity contribution in [1.82, 2.24) is 30.4 Å². The highest BCUT2D eigenvalue weighted by atomic mass is 19.1. The molecule has 2 atom stereocenters. The summed E-state index contributed by atoms with van der Waals surface area (Å²) in [7, 11) is 0. The molecule has 0 bridgehead atoms. The normalized spacial score (nSPS) is 19.1. The van der Waals surface area contributed by atoms with Crippen LogP contribution in [0.1, 0.15) is 66.2 Å². The lowest BCUT2D eigenvalue weighted by Crippen LogP contribution is -2.55. The molecule has 12 heteroatoms. The summed E-state index contributed by atoms with van der Waals surface area (Å²) in [6.07, 6.45) is 3.50. The van der Waals surface area contributed by atoms with Gasteiger partial charge in [0.05, 0.1) is 29.3 Å². The third-order valence-corrected chi connectivity index (χ3v) is 8.82. The molecular formula is C35H38F2N6O4. The van der Waals surface area contributed by atoms with Gasteiger partial charge >= 0.3 is 0 Å². The van der Waals surface area contributed by atoms with Crippen molar-refractivity contribution < 1.29 is 23.0 Å². The Morgan fingerprint density at radius 1 is 1.09 bits per heavy atom. The molecule has 2 saturated heterocycles. The van der Waals surface area contributed by atoms with Crippen LogP contribution in [-0.4, -0.2) is 75.5 Å². The number of piperidine rings is 1. The lowest BCUT2D eigenvalue weighted by Gasteiger charge is -2.40. The van der Waals surface area contributed by atoms with E-state index in [1.807, 2.05) is 38.1 Å². The molecule has 2 N–H and O–H groups in total. The van der Waals surface area contributed by atoms with E-state index in [1.165, 1.54) is 24.7 Å². The van der Waals surface area contributed by atoms with Gasteiger partial charge in [-0.25, -0.2) is 13.8 Å². The van der Waals surface area contributed by atoms with Crippen LogP contribution in [0.25, 0.3) is 11.3 Å². The van der Waals surface area contributed by atoms with Crippen molar-refractivity contribution in [2.75, 3.05) is 26.3 Å². The highest BCUT2D eigenvalue weighted by molar-refractivity contribution is 5.95. The first kappa shape index (κ1) is 32.4. The van der Waals surface area contributed by atoms with Crippen molar-refractivity contribution in [2.24, 2.45) is 0 Å². The summed E-state index contributed by atoms with van der Waals surface area (Å²) >= 11 is 0. The molecular weight excluding hydrogens is 606 g/mol. The van der Waals surface area contributed by atoms with Crippen molar-refractivity contribution in [3.05, 3.63) is 99.6 Å². The second kappa shape index (κ2) is 14.5. The van der Waals surface area contributed by atoms with Gasteiger partial charge in [0, 0.05) is 61.7 Å². The average Bonchev–Trinajstić information content (AvgIpc) is 3.08. The molecule has 6 rings (SSSR count). The van der Waals surface area contributed by atoms with Crippen LogP contribution < -0.4 is 15.6 Å². The Hall–Kier alpha value is -4.55. The van der Waals surface area contributed by atoms with Crippen LogP contribution in [0.5, 0.6) is 11.5 Å². The molecule has 10 nitrogen and oxygen atoms in total. The Morgan fingerprint density at radius 2 is 1.87 bits per heavy atom. The van der Waals surface area contributed by atoms with E-state index in [-0.39, 0.29) is 41.8 Å². The highest BCUT2D eigenvalue weighted by Gasteiger charge is 2.34. The fraction of sp³-hybridized carbons (Fsp3) is 0.400. The quantitative estimate of drug-likeness (QED) is 0.255. The van der Waals surface area contributed by atoms with E-state index in [0.717, 1.165) is 24.1 Å². The Morgan fingerprint density at radius 3 is 2.55 bits per heavy atom. The van der Waals surface area contributed by atoms with Crippen LogP contribution in [0.4, 0.5) is 8.78 Å². The SMILES string of the molecule is CC(C)c1ccc(-c2ccc(Oc3cc(C(=O)N[C@@H]4CCN(C5CCOCC5)C[C@@H]4F)c(F)cc3Cc3cnc[nH]c3=O)cc2)nn1. The molecule has 0 saturated carbocycles. The minimum atomic E-state index is -1.30. The number of aromatic nitrogens is 4. The number of benzene rings is 2.